The van der Waals surface area contributed by atoms with Crippen molar-refractivity contribution in [3.8, 4) is 0 Å². The lowest BCUT2D eigenvalue weighted by molar-refractivity contribution is -0.137. The minimum absolute atomic E-state index is 0.0646. The van der Waals surface area contributed by atoms with Gasteiger partial charge in [0.25, 0.3) is 0 Å². The van der Waals surface area contributed by atoms with Gasteiger partial charge in [0.2, 0.25) is 0 Å². The molecule has 1 atom stereocenters. The zero-order chi connectivity index (χ0) is 10.6. The van der Waals surface area contributed by atoms with E-state index in [2.05, 4.69) is 6.58 Å². The van der Waals surface area contributed by atoms with Gasteiger partial charge in [-0.15, -0.1) is 0 Å². The molecule has 0 saturated carbocycles. The third-order valence-electron chi connectivity index (χ3n) is 2.01. The molecule has 0 aliphatic carbocycles. The van der Waals surface area contributed by atoms with E-state index >= 15 is 0 Å². The minimum Gasteiger partial charge on any atom is -0.481 e. The Kier molecular flexibility index (Phi) is 3.42. The van der Waals surface area contributed by atoms with Crippen LogP contribution >= 0.6 is 0 Å². The normalized spacial score (nSPS) is 12.1. The Morgan fingerprint density at radius 2 is 2.21 bits per heavy atom. The monoisotopic (exact) mass is 191 g/mol. The molecule has 0 aliphatic rings. The summed E-state index contributed by atoms with van der Waals surface area (Å²) >= 11 is 0. The first-order valence-electron chi connectivity index (χ1n) is 4.34. The molecule has 74 valence electrons. The largest absolute Gasteiger partial charge is 0.481 e. The number of hydrogen-bond acceptors (Lipinski definition) is 2. The molecule has 0 aliphatic heterocycles. The molecule has 0 unspecified atom stereocenters. The second-order valence-electron chi connectivity index (χ2n) is 3.04. The van der Waals surface area contributed by atoms with Gasteiger partial charge in [0.05, 0.1) is 6.42 Å². The molecule has 1 aromatic rings. The van der Waals surface area contributed by atoms with E-state index in [1.165, 1.54) is 0 Å². The fourth-order valence-electron chi connectivity index (χ4n) is 1.33. The first-order valence-corrected chi connectivity index (χ1v) is 4.34. The maximum atomic E-state index is 10.5. The molecule has 0 aromatic heterocycles. The van der Waals surface area contributed by atoms with Gasteiger partial charge in [0.15, 0.2) is 0 Å². The van der Waals surface area contributed by atoms with Gasteiger partial charge in [0, 0.05) is 6.04 Å². The Morgan fingerprint density at radius 1 is 1.57 bits per heavy atom. The van der Waals surface area contributed by atoms with Crippen LogP contribution in [0.15, 0.2) is 30.8 Å². The van der Waals surface area contributed by atoms with Gasteiger partial charge < -0.3 is 10.8 Å². The van der Waals surface area contributed by atoms with Gasteiger partial charge in [0.1, 0.15) is 0 Å². The zero-order valence-corrected chi connectivity index (χ0v) is 7.81. The number of nitrogens with two attached hydrogens (primary N) is 1. The smallest absolute Gasteiger partial charge is 0.305 e. The van der Waals surface area contributed by atoms with Crippen molar-refractivity contribution >= 4 is 12.0 Å². The number of carboxylic acids is 1. The maximum Gasteiger partial charge on any atom is 0.305 e. The van der Waals surface area contributed by atoms with E-state index in [-0.39, 0.29) is 6.42 Å². The fourth-order valence-corrected chi connectivity index (χ4v) is 1.33. The summed E-state index contributed by atoms with van der Waals surface area (Å²) in [5.74, 6) is -0.892. The molecule has 0 radical (unpaired) electrons. The summed E-state index contributed by atoms with van der Waals surface area (Å²) in [5, 5.41) is 8.60. The maximum absolute atomic E-state index is 10.5. The van der Waals surface area contributed by atoms with E-state index in [0.717, 1.165) is 11.1 Å². The van der Waals surface area contributed by atoms with Crippen LogP contribution in [0.3, 0.4) is 0 Å². The summed E-state index contributed by atoms with van der Waals surface area (Å²) in [6.07, 6.45) is 1.61. The van der Waals surface area contributed by atoms with Crippen molar-refractivity contribution in [2.75, 3.05) is 0 Å². The summed E-state index contributed by atoms with van der Waals surface area (Å²) in [6, 6.07) is 6.92. The fraction of sp³-hybridized carbons (Fsp3) is 0.182. The van der Waals surface area contributed by atoms with Crippen LogP contribution in [-0.2, 0) is 4.79 Å². The van der Waals surface area contributed by atoms with Crippen molar-refractivity contribution < 1.29 is 9.90 Å². The molecular weight excluding hydrogens is 178 g/mol. The summed E-state index contributed by atoms with van der Waals surface area (Å²) in [5.41, 5.74) is 7.46. The van der Waals surface area contributed by atoms with Gasteiger partial charge in [-0.05, 0) is 11.1 Å². The third-order valence-corrected chi connectivity index (χ3v) is 2.01. The molecule has 3 heteroatoms. The van der Waals surface area contributed by atoms with E-state index in [9.17, 15) is 4.79 Å². The Balaban J connectivity index is 2.93. The van der Waals surface area contributed by atoms with Gasteiger partial charge in [-0.1, -0.05) is 36.9 Å². The molecule has 0 fully saturated rings. The van der Waals surface area contributed by atoms with Crippen molar-refractivity contribution in [1.82, 2.24) is 0 Å². The molecule has 1 aromatic carbocycles. The number of rotatable bonds is 4. The van der Waals surface area contributed by atoms with E-state index in [1.54, 1.807) is 6.08 Å². The SMILES string of the molecule is C=Cc1ccccc1[C@H](N)CC(=O)O. The molecule has 0 bridgehead atoms. The quantitative estimate of drug-likeness (QED) is 0.762. The Morgan fingerprint density at radius 3 is 2.79 bits per heavy atom. The predicted molar refractivity (Wildman–Crippen MR) is 55.7 cm³/mol. The topological polar surface area (TPSA) is 63.3 Å². The Labute approximate surface area is 82.9 Å². The standard InChI is InChI=1S/C11H13NO2/c1-2-8-5-3-4-6-9(8)10(12)7-11(13)14/h2-6,10H,1,7,12H2,(H,13,14)/t10-/m1/s1. The first-order chi connectivity index (χ1) is 6.65. The second kappa shape index (κ2) is 4.58. The van der Waals surface area contributed by atoms with Crippen LogP contribution < -0.4 is 5.73 Å². The highest BCUT2D eigenvalue weighted by Crippen LogP contribution is 2.19. The van der Waals surface area contributed by atoms with Gasteiger partial charge >= 0.3 is 5.97 Å². The second-order valence-corrected chi connectivity index (χ2v) is 3.04. The number of hydrogen-bond donors (Lipinski definition) is 2. The van der Waals surface area contributed by atoms with Gasteiger partial charge in [-0.25, -0.2) is 0 Å². The molecule has 0 spiro atoms. The first kappa shape index (κ1) is 10.5. The van der Waals surface area contributed by atoms with Crippen molar-refractivity contribution in [2.24, 2.45) is 5.73 Å². The highest BCUT2D eigenvalue weighted by Gasteiger charge is 2.12. The van der Waals surface area contributed by atoms with Crippen LogP contribution in [0.2, 0.25) is 0 Å². The summed E-state index contributed by atoms with van der Waals surface area (Å²) in [4.78, 5) is 10.5. The number of aliphatic carboxylic acids is 1. The average molecular weight is 191 g/mol. The lowest BCUT2D eigenvalue weighted by Gasteiger charge is -2.12. The van der Waals surface area contributed by atoms with Gasteiger partial charge in [-0.3, -0.25) is 4.79 Å². The number of carboxylic acid groups (broad SMARTS) is 1. The molecule has 1 rings (SSSR count). The highest BCUT2D eigenvalue weighted by atomic mass is 16.4. The summed E-state index contributed by atoms with van der Waals surface area (Å²) < 4.78 is 0. The van der Waals surface area contributed by atoms with Crippen LogP contribution in [-0.4, -0.2) is 11.1 Å². The minimum atomic E-state index is -0.892. The number of carbonyl (C=O) groups is 1. The van der Waals surface area contributed by atoms with Crippen molar-refractivity contribution in [1.29, 1.82) is 0 Å². The Bertz CT molecular complexity index is 347. The third kappa shape index (κ3) is 2.44. The van der Waals surface area contributed by atoms with Crippen molar-refractivity contribution in [3.05, 3.63) is 42.0 Å². The predicted octanol–water partition coefficient (Wildman–Crippen LogP) is 1.80. The van der Waals surface area contributed by atoms with E-state index in [1.807, 2.05) is 24.3 Å². The number of benzene rings is 1. The zero-order valence-electron chi connectivity index (χ0n) is 7.81. The van der Waals surface area contributed by atoms with Crippen LogP contribution in [0.5, 0.6) is 0 Å². The molecule has 3 N–H and O–H groups in total. The molecule has 0 amide bonds. The van der Waals surface area contributed by atoms with E-state index < -0.39 is 12.0 Å². The van der Waals surface area contributed by atoms with Crippen LogP contribution in [0.25, 0.3) is 6.08 Å². The van der Waals surface area contributed by atoms with Crippen molar-refractivity contribution in [2.45, 2.75) is 12.5 Å². The molecular formula is C11H13NO2. The van der Waals surface area contributed by atoms with Gasteiger partial charge in [-0.2, -0.15) is 0 Å². The van der Waals surface area contributed by atoms with Crippen LogP contribution in [0.1, 0.15) is 23.6 Å². The highest BCUT2D eigenvalue weighted by molar-refractivity contribution is 5.68. The summed E-state index contributed by atoms with van der Waals surface area (Å²) in [6.45, 7) is 3.65. The molecule has 0 heterocycles. The lowest BCUT2D eigenvalue weighted by atomic mass is 9.99. The molecule has 3 nitrogen and oxygen atoms in total. The van der Waals surface area contributed by atoms with Crippen LogP contribution in [0, 0.1) is 0 Å². The van der Waals surface area contributed by atoms with Crippen LogP contribution in [0.4, 0.5) is 0 Å². The summed E-state index contributed by atoms with van der Waals surface area (Å²) in [7, 11) is 0. The van der Waals surface area contributed by atoms with Crippen molar-refractivity contribution in [3.63, 3.8) is 0 Å². The molecule has 14 heavy (non-hydrogen) atoms. The lowest BCUT2D eigenvalue weighted by Crippen LogP contribution is -2.15. The van der Waals surface area contributed by atoms with E-state index in [4.69, 9.17) is 10.8 Å². The molecule has 0 saturated heterocycles. The average Bonchev–Trinajstić information content (AvgIpc) is 2.16. The van der Waals surface area contributed by atoms with E-state index in [0.29, 0.717) is 0 Å². The Hall–Kier alpha value is -1.61.